The van der Waals surface area contributed by atoms with Crippen LogP contribution in [0.1, 0.15) is 39.1 Å². The van der Waals surface area contributed by atoms with E-state index in [1.54, 1.807) is 25.3 Å². The normalized spacial score (nSPS) is 15.4. The Morgan fingerprint density at radius 1 is 1.03 bits per heavy atom. The summed E-state index contributed by atoms with van der Waals surface area (Å²) in [6.45, 7) is 3.42. The van der Waals surface area contributed by atoms with E-state index in [0.717, 1.165) is 24.3 Å². The third-order valence-electron chi connectivity index (χ3n) is 5.97. The van der Waals surface area contributed by atoms with Gasteiger partial charge >= 0.3 is 0 Å². The topological polar surface area (TPSA) is 110 Å². The summed E-state index contributed by atoms with van der Waals surface area (Å²) >= 11 is 0. The monoisotopic (exact) mass is 475 g/mol. The summed E-state index contributed by atoms with van der Waals surface area (Å²) in [6, 6.07) is 12.8. The van der Waals surface area contributed by atoms with Crippen LogP contribution in [0.15, 0.2) is 42.5 Å². The van der Waals surface area contributed by atoms with Crippen LogP contribution in [0.25, 0.3) is 0 Å². The zero-order valence-electron chi connectivity index (χ0n) is 18.6. The van der Waals surface area contributed by atoms with Crippen molar-refractivity contribution in [3.63, 3.8) is 0 Å². The number of hydrogen-bond donors (Lipinski definition) is 1. The Kier molecular flexibility index (Phi) is 9.40. The molecule has 2 aromatic carbocycles. The Bertz CT molecular complexity index is 1010. The highest BCUT2D eigenvalue weighted by Gasteiger charge is 2.24. The third kappa shape index (κ3) is 6.10. The molecule has 2 aliphatic heterocycles. The van der Waals surface area contributed by atoms with Crippen LogP contribution < -0.4 is 10.1 Å². The zero-order valence-corrected chi connectivity index (χ0v) is 19.5. The van der Waals surface area contributed by atoms with Crippen LogP contribution in [-0.4, -0.2) is 72.7 Å². The van der Waals surface area contributed by atoms with Crippen LogP contribution in [0, 0.1) is 0 Å². The number of ketones is 1. The van der Waals surface area contributed by atoms with Gasteiger partial charge in [-0.05, 0) is 42.3 Å². The number of ether oxygens (including phenoxy) is 1. The van der Waals surface area contributed by atoms with Crippen molar-refractivity contribution in [2.75, 3.05) is 45.2 Å². The van der Waals surface area contributed by atoms with Crippen molar-refractivity contribution < 1.29 is 24.6 Å². The van der Waals surface area contributed by atoms with Crippen LogP contribution >= 0.6 is 12.4 Å². The number of nitrogens with zero attached hydrogens (tertiary/aromatic N) is 2. The fourth-order valence-corrected chi connectivity index (χ4v) is 4.14. The molecule has 2 aliphatic rings. The van der Waals surface area contributed by atoms with Gasteiger partial charge < -0.3 is 20.4 Å². The maximum Gasteiger partial charge on any atom is 0.253 e. The maximum absolute atomic E-state index is 12.9. The lowest BCUT2D eigenvalue weighted by Gasteiger charge is -2.34. The van der Waals surface area contributed by atoms with E-state index < -0.39 is 0 Å². The van der Waals surface area contributed by atoms with Gasteiger partial charge in [-0.3, -0.25) is 19.3 Å². The fourth-order valence-electron chi connectivity index (χ4n) is 4.14. The van der Waals surface area contributed by atoms with Gasteiger partial charge in [-0.25, -0.2) is 0 Å². The van der Waals surface area contributed by atoms with Gasteiger partial charge in [0, 0.05) is 56.8 Å². The number of Topliss-reactive ketones (excluding diaryl/α,β-unsaturated/α-hetero) is 1. The van der Waals surface area contributed by atoms with E-state index in [-0.39, 0.29) is 35.5 Å². The zero-order chi connectivity index (χ0) is 21.8. The Balaban J connectivity index is 0.00000193. The third-order valence-corrected chi connectivity index (χ3v) is 5.97. The number of piperazine rings is 1. The first-order valence-corrected chi connectivity index (χ1v) is 10.7. The predicted octanol–water partition coefficient (Wildman–Crippen LogP) is 2.21. The molecule has 0 aromatic heterocycles. The summed E-state index contributed by atoms with van der Waals surface area (Å²) in [5.74, 6) is 0.709. The largest absolute Gasteiger partial charge is 0.496 e. The molecule has 0 radical (unpaired) electrons. The van der Waals surface area contributed by atoms with Crippen LogP contribution in [0.4, 0.5) is 5.69 Å². The van der Waals surface area contributed by atoms with Crippen LogP contribution in [0.3, 0.4) is 0 Å². The molecule has 8 nitrogen and oxygen atoms in total. The number of para-hydroxylation sites is 1. The number of benzene rings is 2. The summed E-state index contributed by atoms with van der Waals surface area (Å²) < 4.78 is 5.28. The Morgan fingerprint density at radius 2 is 1.76 bits per heavy atom. The minimum Gasteiger partial charge on any atom is -0.496 e. The number of methoxy groups -OCH3 is 1. The molecule has 0 spiro atoms. The summed E-state index contributed by atoms with van der Waals surface area (Å²) in [4.78, 5) is 41.1. The highest BCUT2D eigenvalue weighted by molar-refractivity contribution is 5.99. The standard InChI is InChI=1S/C24H27N3O4.ClH.H2O/c1-31-22-5-3-2-4-19(22)21(28)10-11-26-12-14-27(15-13-26)24(30)18-6-8-20-17(16-18)7-9-23(29)25-20;;/h2-6,8,16H,7,9-15H2,1H3,(H,25,29);1H;1H2. The molecule has 2 amide bonds. The van der Waals surface area contributed by atoms with Crippen molar-refractivity contribution in [3.05, 3.63) is 59.2 Å². The highest BCUT2D eigenvalue weighted by Crippen LogP contribution is 2.24. The van der Waals surface area contributed by atoms with Crippen molar-refractivity contribution in [3.8, 4) is 5.75 Å². The van der Waals surface area contributed by atoms with Gasteiger partial charge in [-0.15, -0.1) is 12.4 Å². The van der Waals surface area contributed by atoms with Gasteiger partial charge in [0.05, 0.1) is 12.7 Å². The van der Waals surface area contributed by atoms with E-state index in [9.17, 15) is 14.4 Å². The number of carbonyl (C=O) groups is 3. The first-order valence-electron chi connectivity index (χ1n) is 10.7. The van der Waals surface area contributed by atoms with E-state index in [1.807, 2.05) is 29.2 Å². The smallest absolute Gasteiger partial charge is 0.253 e. The average molecular weight is 476 g/mol. The van der Waals surface area contributed by atoms with Gasteiger partial charge in [-0.1, -0.05) is 12.1 Å². The molecule has 1 fully saturated rings. The molecule has 178 valence electrons. The molecular formula is C24H30ClN3O5. The molecule has 2 heterocycles. The molecule has 9 heteroatoms. The van der Waals surface area contributed by atoms with E-state index in [4.69, 9.17) is 4.74 Å². The number of amides is 2. The van der Waals surface area contributed by atoms with Gasteiger partial charge in [0.1, 0.15) is 5.75 Å². The number of rotatable bonds is 6. The highest BCUT2D eigenvalue weighted by atomic mass is 35.5. The maximum atomic E-state index is 12.9. The van der Waals surface area contributed by atoms with E-state index in [2.05, 4.69) is 10.2 Å². The second kappa shape index (κ2) is 11.8. The average Bonchev–Trinajstić information content (AvgIpc) is 2.82. The number of hydrogen-bond acceptors (Lipinski definition) is 5. The van der Waals surface area contributed by atoms with Crippen molar-refractivity contribution in [2.45, 2.75) is 19.3 Å². The number of fused-ring (bicyclic) bond motifs is 1. The summed E-state index contributed by atoms with van der Waals surface area (Å²) in [7, 11) is 1.57. The molecule has 0 saturated carbocycles. The summed E-state index contributed by atoms with van der Waals surface area (Å²) in [6.07, 6.45) is 1.54. The van der Waals surface area contributed by atoms with E-state index in [0.29, 0.717) is 55.8 Å². The molecule has 2 aromatic rings. The molecule has 0 atom stereocenters. The van der Waals surface area contributed by atoms with Crippen LogP contribution in [0.2, 0.25) is 0 Å². The number of aryl methyl sites for hydroxylation is 1. The number of halogens is 1. The molecule has 3 N–H and O–H groups in total. The van der Waals surface area contributed by atoms with Crippen LogP contribution in [-0.2, 0) is 11.2 Å². The van der Waals surface area contributed by atoms with Gasteiger partial charge in [-0.2, -0.15) is 0 Å². The Morgan fingerprint density at radius 3 is 2.48 bits per heavy atom. The molecule has 33 heavy (non-hydrogen) atoms. The van der Waals surface area contributed by atoms with Crippen LogP contribution in [0.5, 0.6) is 5.75 Å². The first kappa shape index (κ1) is 26.3. The Labute approximate surface area is 199 Å². The number of carbonyl (C=O) groups excluding carboxylic acids is 3. The fraction of sp³-hybridized carbons (Fsp3) is 0.375. The summed E-state index contributed by atoms with van der Waals surface area (Å²) in [5.41, 5.74) is 3.09. The molecule has 1 saturated heterocycles. The predicted molar refractivity (Wildman–Crippen MR) is 129 cm³/mol. The van der Waals surface area contributed by atoms with Gasteiger partial charge in [0.2, 0.25) is 5.91 Å². The van der Waals surface area contributed by atoms with Gasteiger partial charge in [0.15, 0.2) is 5.78 Å². The van der Waals surface area contributed by atoms with E-state index in [1.165, 1.54) is 0 Å². The number of anilines is 1. The van der Waals surface area contributed by atoms with Gasteiger partial charge in [0.25, 0.3) is 5.91 Å². The summed E-state index contributed by atoms with van der Waals surface area (Å²) in [5, 5.41) is 2.85. The first-order chi connectivity index (χ1) is 15.0. The lowest BCUT2D eigenvalue weighted by Crippen LogP contribution is -2.49. The van der Waals surface area contributed by atoms with Crippen molar-refractivity contribution in [1.29, 1.82) is 0 Å². The Hall–Kier alpha value is -2.94. The minimum atomic E-state index is 0. The van der Waals surface area contributed by atoms with Crippen molar-refractivity contribution >= 4 is 35.7 Å². The molecule has 0 aliphatic carbocycles. The minimum absolute atomic E-state index is 0. The van der Waals surface area contributed by atoms with Crippen molar-refractivity contribution in [1.82, 2.24) is 9.80 Å². The molecule has 0 unspecified atom stereocenters. The molecule has 4 rings (SSSR count). The lowest BCUT2D eigenvalue weighted by molar-refractivity contribution is -0.116. The quantitative estimate of drug-likeness (QED) is 0.644. The number of nitrogens with one attached hydrogen (secondary N) is 1. The SMILES string of the molecule is COc1ccccc1C(=O)CCN1CCN(C(=O)c2ccc3c(c2)CCC(=O)N3)CC1.Cl.O. The molecule has 0 bridgehead atoms. The van der Waals surface area contributed by atoms with E-state index >= 15 is 0 Å². The second-order valence-corrected chi connectivity index (χ2v) is 7.93. The second-order valence-electron chi connectivity index (χ2n) is 7.93. The molecular weight excluding hydrogens is 446 g/mol. The van der Waals surface area contributed by atoms with Crippen molar-refractivity contribution in [2.24, 2.45) is 0 Å². The lowest BCUT2D eigenvalue weighted by atomic mass is 10.00.